The van der Waals surface area contributed by atoms with Crippen LogP contribution in [0.1, 0.15) is 32.1 Å². The van der Waals surface area contributed by atoms with Crippen molar-refractivity contribution in [3.63, 3.8) is 0 Å². The van der Waals surface area contributed by atoms with Gasteiger partial charge in [0.1, 0.15) is 0 Å². The molecule has 98 valence electrons. The summed E-state index contributed by atoms with van der Waals surface area (Å²) in [4.78, 5) is 13.4. The maximum Gasteiger partial charge on any atom is 0.306 e. The highest BCUT2D eigenvalue weighted by atomic mass is 16.5. The van der Waals surface area contributed by atoms with Crippen molar-refractivity contribution in [1.82, 2.24) is 4.90 Å². The third-order valence-corrected chi connectivity index (χ3v) is 4.28. The van der Waals surface area contributed by atoms with Crippen molar-refractivity contribution in [2.75, 3.05) is 26.8 Å². The van der Waals surface area contributed by atoms with Crippen LogP contribution < -0.4 is 0 Å². The molecule has 0 aromatic heterocycles. The Morgan fingerprint density at radius 1 is 1.29 bits per heavy atom. The number of methoxy groups -OCH3 is 1. The molecule has 0 spiro atoms. The van der Waals surface area contributed by atoms with Gasteiger partial charge in [0.25, 0.3) is 0 Å². The lowest BCUT2D eigenvalue weighted by molar-refractivity contribution is -0.143. The van der Waals surface area contributed by atoms with Crippen LogP contribution in [0.15, 0.2) is 0 Å². The normalized spacial score (nSPS) is 35.0. The van der Waals surface area contributed by atoms with Crippen LogP contribution in [0.3, 0.4) is 0 Å². The number of carbonyl (C=O) groups is 1. The van der Waals surface area contributed by atoms with Gasteiger partial charge in [-0.15, -0.1) is 0 Å². The summed E-state index contributed by atoms with van der Waals surface area (Å²) in [6.07, 6.45) is 5.04. The van der Waals surface area contributed by atoms with Gasteiger partial charge >= 0.3 is 5.97 Å². The Hall–Kier alpha value is -0.610. The van der Waals surface area contributed by atoms with E-state index in [9.17, 15) is 4.79 Å². The molecule has 2 aliphatic rings. The van der Waals surface area contributed by atoms with E-state index in [4.69, 9.17) is 9.84 Å². The van der Waals surface area contributed by atoms with E-state index in [2.05, 4.69) is 4.90 Å². The van der Waals surface area contributed by atoms with Crippen molar-refractivity contribution >= 4 is 5.97 Å². The molecule has 4 nitrogen and oxygen atoms in total. The van der Waals surface area contributed by atoms with Gasteiger partial charge in [0.2, 0.25) is 0 Å². The molecule has 1 aliphatic carbocycles. The third kappa shape index (κ3) is 3.19. The molecule has 1 heterocycles. The Bertz CT molecular complexity index is 261. The van der Waals surface area contributed by atoms with E-state index in [0.29, 0.717) is 12.0 Å². The Kier molecular flexibility index (Phi) is 4.40. The quantitative estimate of drug-likeness (QED) is 0.812. The summed E-state index contributed by atoms with van der Waals surface area (Å²) in [5.74, 6) is -0.0250. The van der Waals surface area contributed by atoms with E-state index >= 15 is 0 Å². The Labute approximate surface area is 103 Å². The fraction of sp³-hybridized carbons (Fsp3) is 0.923. The molecule has 0 aromatic carbocycles. The predicted molar refractivity (Wildman–Crippen MR) is 64.9 cm³/mol. The highest BCUT2D eigenvalue weighted by molar-refractivity contribution is 5.70. The minimum absolute atomic E-state index is 0.0939. The van der Waals surface area contributed by atoms with Gasteiger partial charge in [-0.1, -0.05) is 0 Å². The zero-order valence-corrected chi connectivity index (χ0v) is 10.6. The van der Waals surface area contributed by atoms with E-state index in [1.165, 1.54) is 6.42 Å². The number of carboxylic acids is 1. The van der Waals surface area contributed by atoms with Crippen LogP contribution in [0, 0.1) is 11.8 Å². The SMILES string of the molecule is COCC1CCN(C2CCC(C(=O)O)CC2)C1. The third-order valence-electron chi connectivity index (χ3n) is 4.28. The largest absolute Gasteiger partial charge is 0.481 e. The van der Waals surface area contributed by atoms with Crippen LogP contribution in [-0.4, -0.2) is 48.8 Å². The second-order valence-corrected chi connectivity index (χ2v) is 5.45. The standard InChI is InChI=1S/C13H23NO3/c1-17-9-10-6-7-14(8-10)12-4-2-11(3-5-12)13(15)16/h10-12H,2-9H2,1H3,(H,15,16). The zero-order chi connectivity index (χ0) is 12.3. The first-order valence-corrected chi connectivity index (χ1v) is 6.66. The van der Waals surface area contributed by atoms with Crippen LogP contribution >= 0.6 is 0 Å². The lowest BCUT2D eigenvalue weighted by Crippen LogP contribution is -2.38. The van der Waals surface area contributed by atoms with Gasteiger partial charge in [-0.05, 0) is 44.6 Å². The average molecular weight is 241 g/mol. The summed E-state index contributed by atoms with van der Waals surface area (Å²) in [6, 6.07) is 0.618. The number of hydrogen-bond acceptors (Lipinski definition) is 3. The summed E-state index contributed by atoms with van der Waals surface area (Å²) >= 11 is 0. The van der Waals surface area contributed by atoms with Crippen LogP contribution in [0.4, 0.5) is 0 Å². The number of aliphatic carboxylic acids is 1. The molecular formula is C13H23NO3. The molecular weight excluding hydrogens is 218 g/mol. The zero-order valence-electron chi connectivity index (χ0n) is 10.6. The van der Waals surface area contributed by atoms with Crippen LogP contribution in [0.5, 0.6) is 0 Å². The molecule has 1 N–H and O–H groups in total. The number of likely N-dealkylation sites (tertiary alicyclic amines) is 1. The molecule has 0 aromatic rings. The van der Waals surface area contributed by atoms with E-state index in [1.807, 2.05) is 0 Å². The predicted octanol–water partition coefficient (Wildman–Crippen LogP) is 1.60. The molecule has 1 unspecified atom stereocenters. The van der Waals surface area contributed by atoms with Gasteiger partial charge in [0, 0.05) is 19.7 Å². The molecule has 2 rings (SSSR count). The summed E-state index contributed by atoms with van der Waals surface area (Å²) in [7, 11) is 1.76. The fourth-order valence-corrected chi connectivity index (χ4v) is 3.25. The van der Waals surface area contributed by atoms with Crippen molar-refractivity contribution in [1.29, 1.82) is 0 Å². The van der Waals surface area contributed by atoms with Crippen LogP contribution in [0.25, 0.3) is 0 Å². The van der Waals surface area contributed by atoms with E-state index in [-0.39, 0.29) is 5.92 Å². The molecule has 0 radical (unpaired) electrons. The lowest BCUT2D eigenvalue weighted by Gasteiger charge is -2.33. The highest BCUT2D eigenvalue weighted by Crippen LogP contribution is 2.30. The number of carboxylic acid groups (broad SMARTS) is 1. The fourth-order valence-electron chi connectivity index (χ4n) is 3.25. The molecule has 1 atom stereocenters. The smallest absolute Gasteiger partial charge is 0.306 e. The van der Waals surface area contributed by atoms with Gasteiger partial charge in [-0.25, -0.2) is 0 Å². The van der Waals surface area contributed by atoms with Gasteiger partial charge < -0.3 is 14.7 Å². The van der Waals surface area contributed by atoms with Crippen molar-refractivity contribution in [2.45, 2.75) is 38.1 Å². The van der Waals surface area contributed by atoms with Gasteiger partial charge in [0.05, 0.1) is 12.5 Å². The second kappa shape index (κ2) is 5.83. The van der Waals surface area contributed by atoms with Gasteiger partial charge in [0.15, 0.2) is 0 Å². The second-order valence-electron chi connectivity index (χ2n) is 5.45. The first kappa shape index (κ1) is 12.8. The molecule has 1 aliphatic heterocycles. The summed E-state index contributed by atoms with van der Waals surface area (Å²) < 4.78 is 5.21. The van der Waals surface area contributed by atoms with Crippen LogP contribution in [0.2, 0.25) is 0 Å². The van der Waals surface area contributed by atoms with Crippen molar-refractivity contribution in [3.8, 4) is 0 Å². The van der Waals surface area contributed by atoms with Crippen molar-refractivity contribution in [3.05, 3.63) is 0 Å². The topological polar surface area (TPSA) is 49.8 Å². The Balaban J connectivity index is 1.76. The maximum atomic E-state index is 10.9. The maximum absolute atomic E-state index is 10.9. The molecule has 1 saturated heterocycles. The number of nitrogens with zero attached hydrogens (tertiary/aromatic N) is 1. The number of rotatable bonds is 4. The molecule has 0 bridgehead atoms. The van der Waals surface area contributed by atoms with E-state index < -0.39 is 5.97 Å². The summed E-state index contributed by atoms with van der Waals surface area (Å²) in [5.41, 5.74) is 0. The van der Waals surface area contributed by atoms with Gasteiger partial charge in [-0.3, -0.25) is 4.79 Å². The first-order valence-electron chi connectivity index (χ1n) is 6.66. The molecule has 0 amide bonds. The Morgan fingerprint density at radius 2 is 2.00 bits per heavy atom. The van der Waals surface area contributed by atoms with Crippen molar-refractivity contribution < 1.29 is 14.6 Å². The lowest BCUT2D eigenvalue weighted by atomic mass is 9.85. The first-order chi connectivity index (χ1) is 8.20. The van der Waals surface area contributed by atoms with Crippen molar-refractivity contribution in [2.24, 2.45) is 11.8 Å². The van der Waals surface area contributed by atoms with E-state index in [1.54, 1.807) is 7.11 Å². The minimum atomic E-state index is -0.609. The monoisotopic (exact) mass is 241 g/mol. The molecule has 2 fully saturated rings. The van der Waals surface area contributed by atoms with Crippen LogP contribution in [-0.2, 0) is 9.53 Å². The molecule has 4 heteroatoms. The number of ether oxygens (including phenoxy) is 1. The highest BCUT2D eigenvalue weighted by Gasteiger charge is 2.32. The summed E-state index contributed by atoms with van der Waals surface area (Å²) in [5, 5.41) is 8.97. The minimum Gasteiger partial charge on any atom is -0.481 e. The average Bonchev–Trinajstić information content (AvgIpc) is 2.78. The van der Waals surface area contributed by atoms with Gasteiger partial charge in [-0.2, -0.15) is 0 Å². The number of hydrogen-bond donors (Lipinski definition) is 1. The van der Waals surface area contributed by atoms with E-state index in [0.717, 1.165) is 45.4 Å². The Morgan fingerprint density at radius 3 is 2.59 bits per heavy atom. The summed E-state index contributed by atoms with van der Waals surface area (Å²) in [6.45, 7) is 3.16. The molecule has 1 saturated carbocycles. The molecule has 17 heavy (non-hydrogen) atoms.